The normalized spacial score (nSPS) is 15.1. The molecule has 2 heterocycles. The minimum atomic E-state index is 0.0905. The molecule has 3 aromatic rings. The second kappa shape index (κ2) is 8.35. The van der Waals surface area contributed by atoms with Crippen molar-refractivity contribution >= 4 is 38.8 Å². The SMILES string of the molecule is Cc1ccc(CCNC(=O)C2CCN(c3nc4ccc(Br)cc4[nH]3)CC2)cc1. The van der Waals surface area contributed by atoms with E-state index in [1.54, 1.807) is 0 Å². The van der Waals surface area contributed by atoms with E-state index in [0.29, 0.717) is 6.54 Å². The van der Waals surface area contributed by atoms with Gasteiger partial charge in [-0.1, -0.05) is 45.8 Å². The number of rotatable bonds is 5. The van der Waals surface area contributed by atoms with Gasteiger partial charge in [-0.3, -0.25) is 4.79 Å². The summed E-state index contributed by atoms with van der Waals surface area (Å²) >= 11 is 3.49. The highest BCUT2D eigenvalue weighted by Crippen LogP contribution is 2.25. The Morgan fingerprint density at radius 2 is 1.96 bits per heavy atom. The Kier molecular flexibility index (Phi) is 5.67. The van der Waals surface area contributed by atoms with Crippen molar-refractivity contribution in [3.63, 3.8) is 0 Å². The number of carbonyl (C=O) groups is 1. The summed E-state index contributed by atoms with van der Waals surface area (Å²) in [5, 5.41) is 3.11. The largest absolute Gasteiger partial charge is 0.356 e. The molecular formula is C22H25BrN4O. The number of nitrogens with zero attached hydrogens (tertiary/aromatic N) is 2. The first-order valence-corrected chi connectivity index (χ1v) is 10.6. The number of hydrogen-bond acceptors (Lipinski definition) is 3. The molecule has 1 aromatic heterocycles. The minimum Gasteiger partial charge on any atom is -0.356 e. The van der Waals surface area contributed by atoms with Gasteiger partial charge in [-0.25, -0.2) is 4.98 Å². The van der Waals surface area contributed by atoms with E-state index in [1.807, 2.05) is 18.2 Å². The van der Waals surface area contributed by atoms with E-state index in [4.69, 9.17) is 0 Å². The zero-order valence-corrected chi connectivity index (χ0v) is 17.6. The quantitative estimate of drug-likeness (QED) is 0.624. The molecule has 5 nitrogen and oxygen atoms in total. The number of halogens is 1. The number of fused-ring (bicyclic) bond motifs is 1. The summed E-state index contributed by atoms with van der Waals surface area (Å²) in [5.74, 6) is 1.17. The average Bonchev–Trinajstić information content (AvgIpc) is 3.12. The van der Waals surface area contributed by atoms with Crippen LogP contribution in [0.5, 0.6) is 0 Å². The standard InChI is InChI=1S/C22H25BrN4O/c1-15-2-4-16(5-3-15)8-11-24-21(28)17-9-12-27(13-10-17)22-25-19-7-6-18(23)14-20(19)26-22/h2-7,14,17H,8-13H2,1H3,(H,24,28)(H,25,26). The van der Waals surface area contributed by atoms with E-state index < -0.39 is 0 Å². The van der Waals surface area contributed by atoms with Crippen molar-refractivity contribution in [3.05, 3.63) is 58.1 Å². The van der Waals surface area contributed by atoms with Crippen molar-refractivity contribution in [2.24, 2.45) is 5.92 Å². The van der Waals surface area contributed by atoms with Gasteiger partial charge in [0.05, 0.1) is 11.0 Å². The first-order chi connectivity index (χ1) is 13.6. The number of carbonyl (C=O) groups excluding carboxylic acids is 1. The number of amides is 1. The summed E-state index contributed by atoms with van der Waals surface area (Å²) < 4.78 is 1.04. The average molecular weight is 441 g/mol. The summed E-state index contributed by atoms with van der Waals surface area (Å²) in [7, 11) is 0. The van der Waals surface area contributed by atoms with E-state index in [2.05, 4.69) is 67.3 Å². The number of piperidine rings is 1. The van der Waals surface area contributed by atoms with Crippen LogP contribution in [0.15, 0.2) is 46.9 Å². The van der Waals surface area contributed by atoms with Gasteiger partial charge in [0.25, 0.3) is 0 Å². The second-order valence-corrected chi connectivity index (χ2v) is 8.43. The van der Waals surface area contributed by atoms with E-state index >= 15 is 0 Å². The highest BCUT2D eigenvalue weighted by molar-refractivity contribution is 9.10. The van der Waals surface area contributed by atoms with Gasteiger partial charge in [-0.15, -0.1) is 0 Å². The van der Waals surface area contributed by atoms with Gasteiger partial charge in [0, 0.05) is 30.0 Å². The molecule has 0 unspecified atom stereocenters. The van der Waals surface area contributed by atoms with E-state index in [1.165, 1.54) is 11.1 Å². The Bertz CT molecular complexity index is 958. The maximum atomic E-state index is 12.5. The number of aromatic amines is 1. The van der Waals surface area contributed by atoms with E-state index in [0.717, 1.165) is 53.8 Å². The molecule has 1 aliphatic heterocycles. The molecule has 0 atom stereocenters. The second-order valence-electron chi connectivity index (χ2n) is 7.51. The smallest absolute Gasteiger partial charge is 0.223 e. The Morgan fingerprint density at radius 1 is 1.21 bits per heavy atom. The lowest BCUT2D eigenvalue weighted by Gasteiger charge is -2.31. The summed E-state index contributed by atoms with van der Waals surface area (Å²) in [6, 6.07) is 14.5. The van der Waals surface area contributed by atoms with Crippen LogP contribution in [-0.4, -0.2) is 35.5 Å². The van der Waals surface area contributed by atoms with Crippen LogP contribution in [0.3, 0.4) is 0 Å². The highest BCUT2D eigenvalue weighted by Gasteiger charge is 2.26. The molecule has 1 fully saturated rings. The van der Waals surface area contributed by atoms with Crippen LogP contribution in [-0.2, 0) is 11.2 Å². The van der Waals surface area contributed by atoms with Crippen LogP contribution in [0, 0.1) is 12.8 Å². The zero-order valence-electron chi connectivity index (χ0n) is 16.0. The van der Waals surface area contributed by atoms with Crippen LogP contribution >= 0.6 is 15.9 Å². The summed E-state index contributed by atoms with van der Waals surface area (Å²) in [6.07, 6.45) is 2.59. The molecule has 1 aliphatic rings. The Morgan fingerprint density at radius 3 is 2.71 bits per heavy atom. The molecule has 1 amide bonds. The molecule has 2 N–H and O–H groups in total. The number of aryl methyl sites for hydroxylation is 1. The van der Waals surface area contributed by atoms with Gasteiger partial charge in [-0.05, 0) is 49.9 Å². The first kappa shape index (κ1) is 19.0. The van der Waals surface area contributed by atoms with Crippen molar-refractivity contribution in [1.29, 1.82) is 0 Å². The summed E-state index contributed by atoms with van der Waals surface area (Å²) in [6.45, 7) is 4.47. The third-order valence-electron chi connectivity index (χ3n) is 5.43. The molecular weight excluding hydrogens is 416 g/mol. The molecule has 0 spiro atoms. The van der Waals surface area contributed by atoms with Gasteiger partial charge in [0.1, 0.15) is 0 Å². The maximum absolute atomic E-state index is 12.5. The third-order valence-corrected chi connectivity index (χ3v) is 5.92. The Balaban J connectivity index is 1.27. The lowest BCUT2D eigenvalue weighted by molar-refractivity contribution is -0.125. The van der Waals surface area contributed by atoms with Gasteiger partial charge >= 0.3 is 0 Å². The summed E-state index contributed by atoms with van der Waals surface area (Å²) in [5.41, 5.74) is 4.52. The number of anilines is 1. The fourth-order valence-corrected chi connectivity index (χ4v) is 4.06. The van der Waals surface area contributed by atoms with Crippen molar-refractivity contribution in [2.75, 3.05) is 24.5 Å². The van der Waals surface area contributed by atoms with Crippen LogP contribution in [0.2, 0.25) is 0 Å². The number of hydrogen-bond donors (Lipinski definition) is 2. The van der Waals surface area contributed by atoms with Crippen LogP contribution in [0.1, 0.15) is 24.0 Å². The number of nitrogens with one attached hydrogen (secondary N) is 2. The molecule has 1 saturated heterocycles. The van der Waals surface area contributed by atoms with Crippen LogP contribution in [0.4, 0.5) is 5.95 Å². The fraction of sp³-hybridized carbons (Fsp3) is 0.364. The van der Waals surface area contributed by atoms with Gasteiger partial charge in [-0.2, -0.15) is 0 Å². The first-order valence-electron chi connectivity index (χ1n) is 9.82. The number of imidazole rings is 1. The molecule has 0 saturated carbocycles. The van der Waals surface area contributed by atoms with E-state index in [9.17, 15) is 4.79 Å². The molecule has 2 aromatic carbocycles. The minimum absolute atomic E-state index is 0.0905. The highest BCUT2D eigenvalue weighted by atomic mass is 79.9. The summed E-state index contributed by atoms with van der Waals surface area (Å²) in [4.78, 5) is 22.8. The molecule has 0 bridgehead atoms. The van der Waals surface area contributed by atoms with Crippen molar-refractivity contribution < 1.29 is 4.79 Å². The molecule has 0 radical (unpaired) electrons. The lowest BCUT2D eigenvalue weighted by Crippen LogP contribution is -2.41. The molecule has 0 aliphatic carbocycles. The monoisotopic (exact) mass is 440 g/mol. The van der Waals surface area contributed by atoms with Crippen molar-refractivity contribution in [1.82, 2.24) is 15.3 Å². The van der Waals surface area contributed by atoms with E-state index in [-0.39, 0.29) is 11.8 Å². The van der Waals surface area contributed by atoms with Gasteiger partial charge in [0.2, 0.25) is 11.9 Å². The lowest BCUT2D eigenvalue weighted by atomic mass is 9.96. The number of aromatic nitrogens is 2. The zero-order chi connectivity index (χ0) is 19.5. The Labute approximate surface area is 173 Å². The van der Waals surface area contributed by atoms with Gasteiger partial charge in [0.15, 0.2) is 0 Å². The number of benzene rings is 2. The third kappa shape index (κ3) is 4.38. The maximum Gasteiger partial charge on any atom is 0.223 e. The topological polar surface area (TPSA) is 61.0 Å². The van der Waals surface area contributed by atoms with Crippen molar-refractivity contribution in [3.8, 4) is 0 Å². The van der Waals surface area contributed by atoms with Crippen molar-refractivity contribution in [2.45, 2.75) is 26.2 Å². The van der Waals surface area contributed by atoms with Crippen LogP contribution < -0.4 is 10.2 Å². The predicted octanol–water partition coefficient (Wildman–Crippen LogP) is 4.21. The predicted molar refractivity (Wildman–Crippen MR) is 117 cm³/mol. The fourth-order valence-electron chi connectivity index (χ4n) is 3.70. The number of H-pyrrole nitrogens is 1. The molecule has 6 heteroatoms. The molecule has 146 valence electrons. The van der Waals surface area contributed by atoms with Gasteiger partial charge < -0.3 is 15.2 Å². The molecule has 28 heavy (non-hydrogen) atoms. The molecule has 4 rings (SSSR count). The van der Waals surface area contributed by atoms with Crippen LogP contribution in [0.25, 0.3) is 11.0 Å². The Hall–Kier alpha value is -2.34.